The molecule has 3 aromatic carbocycles. The Kier molecular flexibility index (Phi) is 5.11. The maximum Gasteiger partial charge on any atom is 0.297 e. The summed E-state index contributed by atoms with van der Waals surface area (Å²) in [5.41, 5.74) is -0.582. The normalized spacial score (nSPS) is 17.8. The minimum absolute atomic E-state index is 0.0314. The third-order valence-electron chi connectivity index (χ3n) is 7.55. The lowest BCUT2D eigenvalue weighted by Gasteiger charge is -2.32. The second-order valence-corrected chi connectivity index (χ2v) is 11.0. The molecule has 2 amide bonds. The summed E-state index contributed by atoms with van der Waals surface area (Å²) in [4.78, 5) is 51.2. The molecule has 0 bridgehead atoms. The molecule has 5 aromatic rings. The third-order valence-corrected chi connectivity index (χ3v) is 8.61. The molecule has 0 saturated heterocycles. The molecule has 0 fully saturated rings. The molecule has 0 aliphatic carbocycles. The number of carbonyl (C=O) groups is 2. The van der Waals surface area contributed by atoms with E-state index in [1.54, 1.807) is 43.3 Å². The predicted octanol–water partition coefficient (Wildman–Crippen LogP) is 5.60. The molecule has 0 saturated carbocycles. The molecule has 198 valence electrons. The van der Waals surface area contributed by atoms with E-state index in [9.17, 15) is 23.2 Å². The number of aryl methyl sites for hydroxylation is 2. The zero-order valence-electron chi connectivity index (χ0n) is 21.2. The maximum atomic E-state index is 14.8. The van der Waals surface area contributed by atoms with Gasteiger partial charge in [0, 0.05) is 10.4 Å². The number of fused-ring (bicyclic) bond motifs is 5. The number of para-hydroxylation sites is 1. The molecule has 2 aliphatic rings. The van der Waals surface area contributed by atoms with E-state index in [0.717, 1.165) is 17.0 Å². The highest BCUT2D eigenvalue weighted by Crippen LogP contribution is 2.54. The van der Waals surface area contributed by atoms with Crippen LogP contribution in [0.4, 0.5) is 19.6 Å². The number of halogens is 2. The van der Waals surface area contributed by atoms with Gasteiger partial charge in [-0.2, -0.15) is 0 Å². The number of thiazole rings is 1. The van der Waals surface area contributed by atoms with Gasteiger partial charge in [0.25, 0.3) is 11.8 Å². The Hall–Kier alpha value is -4.70. The fraction of sp³-hybridized carbons (Fsp3) is 0.133. The minimum atomic E-state index is -1.94. The Bertz CT molecular complexity index is 1950. The van der Waals surface area contributed by atoms with Crippen LogP contribution in [0.3, 0.4) is 0 Å². The van der Waals surface area contributed by atoms with Gasteiger partial charge in [-0.05, 0) is 55.8 Å². The third kappa shape index (κ3) is 3.13. The van der Waals surface area contributed by atoms with Crippen molar-refractivity contribution < 1.29 is 22.8 Å². The molecule has 7 rings (SSSR count). The molecule has 1 spiro atoms. The summed E-state index contributed by atoms with van der Waals surface area (Å²) in [7, 11) is 0. The number of benzene rings is 3. The number of amides is 2. The summed E-state index contributed by atoms with van der Waals surface area (Å²) < 4.78 is 33.9. The van der Waals surface area contributed by atoms with Crippen LogP contribution in [-0.4, -0.2) is 16.8 Å². The van der Waals surface area contributed by atoms with Crippen molar-refractivity contribution in [1.29, 1.82) is 0 Å². The van der Waals surface area contributed by atoms with E-state index in [4.69, 9.17) is 4.42 Å². The lowest BCUT2D eigenvalue weighted by Crippen LogP contribution is -2.53. The molecule has 4 heterocycles. The topological polar surface area (TPSA) is 83.7 Å². The smallest absolute Gasteiger partial charge is 0.297 e. The van der Waals surface area contributed by atoms with Crippen LogP contribution in [0.5, 0.6) is 0 Å². The SMILES string of the molecule is Cc1nc(N2C(=O)c3oc4ccc(F)cc4c(=O)c3C23C(=O)N(Cc2ccc(F)cc2)c2ccccc23)sc1C. The van der Waals surface area contributed by atoms with Gasteiger partial charge in [-0.25, -0.2) is 13.8 Å². The first-order chi connectivity index (χ1) is 19.2. The number of carbonyl (C=O) groups excluding carboxylic acids is 2. The highest BCUT2D eigenvalue weighted by Gasteiger charge is 2.66. The van der Waals surface area contributed by atoms with E-state index >= 15 is 0 Å². The molecule has 2 aliphatic heterocycles. The van der Waals surface area contributed by atoms with E-state index < -0.39 is 34.4 Å². The van der Waals surface area contributed by atoms with Gasteiger partial charge in [0.1, 0.15) is 17.2 Å². The maximum absolute atomic E-state index is 14.8. The summed E-state index contributed by atoms with van der Waals surface area (Å²) in [6.45, 7) is 3.70. The van der Waals surface area contributed by atoms with Gasteiger partial charge < -0.3 is 9.32 Å². The fourth-order valence-corrected chi connectivity index (χ4v) is 6.58. The van der Waals surface area contributed by atoms with Gasteiger partial charge >= 0.3 is 0 Å². The van der Waals surface area contributed by atoms with Crippen molar-refractivity contribution in [2.24, 2.45) is 0 Å². The van der Waals surface area contributed by atoms with Crippen molar-refractivity contribution in [3.05, 3.63) is 122 Å². The number of hydrogen-bond acceptors (Lipinski definition) is 6. The molecule has 1 unspecified atom stereocenters. The molecule has 10 heteroatoms. The molecule has 1 atom stereocenters. The predicted molar refractivity (Wildman–Crippen MR) is 146 cm³/mol. The van der Waals surface area contributed by atoms with E-state index in [1.807, 2.05) is 6.92 Å². The monoisotopic (exact) mass is 555 g/mol. The van der Waals surface area contributed by atoms with Gasteiger partial charge in [0.2, 0.25) is 5.76 Å². The van der Waals surface area contributed by atoms with Crippen molar-refractivity contribution in [1.82, 2.24) is 4.98 Å². The van der Waals surface area contributed by atoms with Gasteiger partial charge in [-0.1, -0.05) is 30.3 Å². The second-order valence-electron chi connectivity index (χ2n) is 9.80. The average Bonchev–Trinajstić information content (AvgIpc) is 3.49. The van der Waals surface area contributed by atoms with Crippen molar-refractivity contribution in [3.8, 4) is 0 Å². The van der Waals surface area contributed by atoms with Crippen LogP contribution in [0.15, 0.2) is 75.9 Å². The second kappa shape index (κ2) is 8.40. The summed E-state index contributed by atoms with van der Waals surface area (Å²) in [5.74, 6) is -2.63. The largest absolute Gasteiger partial charge is 0.450 e. The fourth-order valence-electron chi connectivity index (χ4n) is 5.62. The Labute approximate surface area is 229 Å². The highest BCUT2D eigenvalue weighted by molar-refractivity contribution is 7.16. The molecule has 40 heavy (non-hydrogen) atoms. The van der Waals surface area contributed by atoms with Gasteiger partial charge in [0.05, 0.1) is 28.9 Å². The van der Waals surface area contributed by atoms with E-state index in [0.29, 0.717) is 22.5 Å². The summed E-state index contributed by atoms with van der Waals surface area (Å²) in [6.07, 6.45) is 0. The molecule has 7 nitrogen and oxygen atoms in total. The van der Waals surface area contributed by atoms with E-state index in [2.05, 4.69) is 4.98 Å². The van der Waals surface area contributed by atoms with Crippen LogP contribution in [0.1, 0.15) is 37.8 Å². The average molecular weight is 556 g/mol. The lowest BCUT2D eigenvalue weighted by molar-refractivity contribution is -0.121. The summed E-state index contributed by atoms with van der Waals surface area (Å²) >= 11 is 1.22. The Morgan fingerprint density at radius 3 is 2.40 bits per heavy atom. The molecule has 0 radical (unpaired) electrons. The summed E-state index contributed by atoms with van der Waals surface area (Å²) in [5, 5.41) is 0.148. The molecule has 2 aromatic heterocycles. The molecular weight excluding hydrogens is 536 g/mol. The minimum Gasteiger partial charge on any atom is -0.450 e. The molecular formula is C30H19F2N3O4S. The lowest BCUT2D eigenvalue weighted by atomic mass is 9.84. The van der Waals surface area contributed by atoms with E-state index in [-0.39, 0.29) is 34.0 Å². The van der Waals surface area contributed by atoms with Crippen LogP contribution in [0.2, 0.25) is 0 Å². The first-order valence-electron chi connectivity index (χ1n) is 12.4. The number of aromatic nitrogens is 1. The zero-order valence-corrected chi connectivity index (χ0v) is 22.0. The number of hydrogen-bond donors (Lipinski definition) is 0. The standard InChI is InChI=1S/C30H19F2N3O4S/c1-15-16(2)40-29(33-15)35-27(37)26-24(25(36)20-13-19(32)11-12-23(20)39-26)30(35)21-5-3-4-6-22(21)34(28(30)38)14-17-7-9-18(31)10-8-17/h3-13H,14H2,1-2H3. The van der Waals surface area contributed by atoms with Gasteiger partial charge in [-0.15, -0.1) is 11.3 Å². The molecule has 0 N–H and O–H groups in total. The number of nitrogens with zero attached hydrogens (tertiary/aromatic N) is 3. The Balaban J connectivity index is 1.56. The highest BCUT2D eigenvalue weighted by atomic mass is 32.1. The summed E-state index contributed by atoms with van der Waals surface area (Å²) in [6, 6.07) is 16.1. The van der Waals surface area contributed by atoms with Crippen LogP contribution >= 0.6 is 11.3 Å². The van der Waals surface area contributed by atoms with Crippen LogP contribution in [0.25, 0.3) is 11.0 Å². The van der Waals surface area contributed by atoms with E-state index in [1.165, 1.54) is 39.3 Å². The Morgan fingerprint density at radius 2 is 1.68 bits per heavy atom. The number of rotatable bonds is 3. The van der Waals surface area contributed by atoms with Crippen molar-refractivity contribution >= 4 is 44.9 Å². The van der Waals surface area contributed by atoms with Crippen molar-refractivity contribution in [2.45, 2.75) is 25.9 Å². The first kappa shape index (κ1) is 24.3. The van der Waals surface area contributed by atoms with Crippen LogP contribution < -0.4 is 15.2 Å². The van der Waals surface area contributed by atoms with Crippen molar-refractivity contribution in [3.63, 3.8) is 0 Å². The van der Waals surface area contributed by atoms with Gasteiger partial charge in [-0.3, -0.25) is 19.3 Å². The van der Waals surface area contributed by atoms with Crippen molar-refractivity contribution in [2.75, 3.05) is 9.80 Å². The van der Waals surface area contributed by atoms with Crippen LogP contribution in [0, 0.1) is 25.5 Å². The Morgan fingerprint density at radius 1 is 0.950 bits per heavy atom. The zero-order chi connectivity index (χ0) is 27.9. The van der Waals surface area contributed by atoms with Crippen LogP contribution in [-0.2, 0) is 16.9 Å². The quantitative estimate of drug-likeness (QED) is 0.290. The number of anilines is 2. The first-order valence-corrected chi connectivity index (χ1v) is 13.2. The van der Waals surface area contributed by atoms with Gasteiger partial charge in [0.15, 0.2) is 16.1 Å².